The predicted molar refractivity (Wildman–Crippen MR) is 115 cm³/mol. The maximum Gasteiger partial charge on any atom is 0.169 e. The summed E-state index contributed by atoms with van der Waals surface area (Å²) in [5.74, 6) is -0.908. The van der Waals surface area contributed by atoms with E-state index in [0.29, 0.717) is 23.4 Å². The van der Waals surface area contributed by atoms with Gasteiger partial charge in [-0.05, 0) is 23.3 Å². The standard InChI is InChI=1S/C24H20N4O2/c29-24(30)22(16-18-11-5-2-6-12-18)27-28-23-21(15-17-9-3-1-4-10-17)25-19-13-7-8-14-20(19)26-23/h1-14H,15-16H2,(H,26,28)(H,29,30)/p-1. The lowest BCUT2D eigenvalue weighted by molar-refractivity contribution is -0.294. The summed E-state index contributed by atoms with van der Waals surface area (Å²) in [5.41, 5.74) is 6.76. The van der Waals surface area contributed by atoms with Crippen molar-refractivity contribution < 1.29 is 9.90 Å². The Bertz CT molecular complexity index is 1190. The lowest BCUT2D eigenvalue weighted by atomic mass is 10.1. The van der Waals surface area contributed by atoms with Gasteiger partial charge in [-0.1, -0.05) is 72.8 Å². The molecule has 0 bridgehead atoms. The first-order chi connectivity index (χ1) is 14.7. The average Bonchev–Trinajstić information content (AvgIpc) is 2.78. The first-order valence-corrected chi connectivity index (χ1v) is 9.56. The number of carboxylic acid groups (broad SMARTS) is 1. The molecule has 0 aliphatic heterocycles. The van der Waals surface area contributed by atoms with Crippen molar-refractivity contribution in [2.75, 3.05) is 5.43 Å². The van der Waals surface area contributed by atoms with E-state index < -0.39 is 5.97 Å². The Hall–Kier alpha value is -4.06. The van der Waals surface area contributed by atoms with Crippen LogP contribution >= 0.6 is 0 Å². The van der Waals surface area contributed by atoms with Crippen LogP contribution < -0.4 is 10.5 Å². The van der Waals surface area contributed by atoms with Crippen LogP contribution in [0.25, 0.3) is 11.0 Å². The summed E-state index contributed by atoms with van der Waals surface area (Å²) in [4.78, 5) is 20.9. The second-order valence-corrected chi connectivity index (χ2v) is 6.79. The van der Waals surface area contributed by atoms with Gasteiger partial charge in [0.2, 0.25) is 0 Å². The van der Waals surface area contributed by atoms with E-state index in [4.69, 9.17) is 4.98 Å². The summed E-state index contributed by atoms with van der Waals surface area (Å²) in [6, 6.07) is 26.7. The van der Waals surface area contributed by atoms with Crippen molar-refractivity contribution in [1.82, 2.24) is 9.97 Å². The second kappa shape index (κ2) is 8.96. The fourth-order valence-electron chi connectivity index (χ4n) is 3.11. The van der Waals surface area contributed by atoms with E-state index in [9.17, 15) is 9.90 Å². The summed E-state index contributed by atoms with van der Waals surface area (Å²) >= 11 is 0. The van der Waals surface area contributed by atoms with E-state index in [0.717, 1.165) is 16.6 Å². The normalized spacial score (nSPS) is 11.4. The number of nitrogens with zero attached hydrogens (tertiary/aromatic N) is 3. The molecule has 0 saturated carbocycles. The van der Waals surface area contributed by atoms with Gasteiger partial charge in [0.25, 0.3) is 0 Å². The van der Waals surface area contributed by atoms with E-state index in [1.165, 1.54) is 0 Å². The topological polar surface area (TPSA) is 90.3 Å². The molecule has 0 unspecified atom stereocenters. The van der Waals surface area contributed by atoms with Crippen molar-refractivity contribution in [2.45, 2.75) is 12.8 Å². The van der Waals surface area contributed by atoms with Gasteiger partial charge in [0, 0.05) is 12.8 Å². The number of fused-ring (bicyclic) bond motifs is 1. The SMILES string of the molecule is O=C([O-])C(Cc1ccccc1)=NNc1nc2ccccc2nc1Cc1ccccc1. The summed E-state index contributed by atoms with van der Waals surface area (Å²) < 4.78 is 0. The maximum absolute atomic E-state index is 11.6. The van der Waals surface area contributed by atoms with E-state index >= 15 is 0 Å². The van der Waals surface area contributed by atoms with Gasteiger partial charge in [0.1, 0.15) is 0 Å². The first kappa shape index (κ1) is 19.3. The fraction of sp³-hybridized carbons (Fsp3) is 0.0833. The molecule has 0 amide bonds. The number of hydrazone groups is 1. The van der Waals surface area contributed by atoms with Crippen LogP contribution in [0, 0.1) is 0 Å². The molecule has 1 aromatic heterocycles. The van der Waals surface area contributed by atoms with E-state index in [1.807, 2.05) is 84.9 Å². The number of rotatable bonds is 7. The Morgan fingerprint density at radius 2 is 1.37 bits per heavy atom. The quantitative estimate of drug-likeness (QED) is 0.384. The fourth-order valence-corrected chi connectivity index (χ4v) is 3.11. The lowest BCUT2D eigenvalue weighted by Gasteiger charge is -2.12. The molecule has 0 atom stereocenters. The molecule has 1 N–H and O–H groups in total. The molecule has 148 valence electrons. The van der Waals surface area contributed by atoms with Crippen molar-refractivity contribution in [1.29, 1.82) is 0 Å². The third kappa shape index (κ3) is 4.67. The van der Waals surface area contributed by atoms with Gasteiger partial charge in [0.15, 0.2) is 5.82 Å². The molecule has 0 aliphatic carbocycles. The van der Waals surface area contributed by atoms with Gasteiger partial charge in [-0.2, -0.15) is 5.10 Å². The molecule has 0 fully saturated rings. The summed E-state index contributed by atoms with van der Waals surface area (Å²) in [6.45, 7) is 0. The third-order valence-corrected chi connectivity index (χ3v) is 4.60. The molecular formula is C24H19N4O2-. The van der Waals surface area contributed by atoms with Gasteiger partial charge in [0.05, 0.1) is 28.4 Å². The van der Waals surface area contributed by atoms with Gasteiger partial charge >= 0.3 is 0 Å². The minimum atomic E-state index is -1.33. The molecule has 0 radical (unpaired) electrons. The van der Waals surface area contributed by atoms with Crippen LogP contribution in [-0.2, 0) is 17.6 Å². The smallest absolute Gasteiger partial charge is 0.169 e. The molecule has 0 spiro atoms. The molecule has 6 heteroatoms. The number of anilines is 1. The zero-order chi connectivity index (χ0) is 20.8. The maximum atomic E-state index is 11.6. The Morgan fingerprint density at radius 3 is 2.00 bits per heavy atom. The van der Waals surface area contributed by atoms with Crippen LogP contribution in [0.5, 0.6) is 0 Å². The van der Waals surface area contributed by atoms with E-state index in [2.05, 4.69) is 15.5 Å². The third-order valence-electron chi connectivity index (χ3n) is 4.60. The monoisotopic (exact) mass is 395 g/mol. The van der Waals surface area contributed by atoms with Gasteiger partial charge < -0.3 is 9.90 Å². The molecule has 6 nitrogen and oxygen atoms in total. The molecule has 4 rings (SSSR count). The summed E-state index contributed by atoms with van der Waals surface area (Å²) in [7, 11) is 0. The highest BCUT2D eigenvalue weighted by molar-refractivity contribution is 6.35. The number of aliphatic carboxylic acids is 1. The average molecular weight is 395 g/mol. The highest BCUT2D eigenvalue weighted by Crippen LogP contribution is 2.20. The van der Waals surface area contributed by atoms with Crippen LogP contribution in [0.15, 0.2) is 90.0 Å². The summed E-state index contributed by atoms with van der Waals surface area (Å²) in [6.07, 6.45) is 0.682. The zero-order valence-corrected chi connectivity index (χ0v) is 16.2. The Morgan fingerprint density at radius 1 is 0.800 bits per heavy atom. The number of carbonyl (C=O) groups is 1. The number of benzene rings is 3. The molecule has 3 aromatic carbocycles. The van der Waals surface area contributed by atoms with Crippen molar-refractivity contribution >= 4 is 28.5 Å². The largest absolute Gasteiger partial charge is 0.543 e. The predicted octanol–water partition coefficient (Wildman–Crippen LogP) is 2.98. The molecule has 1 heterocycles. The molecular weight excluding hydrogens is 376 g/mol. The minimum Gasteiger partial charge on any atom is -0.543 e. The Kier molecular flexibility index (Phi) is 5.75. The number of carbonyl (C=O) groups excluding carboxylic acids is 1. The number of hydrogen-bond acceptors (Lipinski definition) is 6. The Balaban J connectivity index is 1.68. The Labute approximate surface area is 173 Å². The van der Waals surface area contributed by atoms with Crippen LogP contribution in [0.3, 0.4) is 0 Å². The van der Waals surface area contributed by atoms with Crippen molar-refractivity contribution in [2.24, 2.45) is 5.10 Å². The van der Waals surface area contributed by atoms with Gasteiger partial charge in [-0.25, -0.2) is 9.97 Å². The van der Waals surface area contributed by atoms with Gasteiger partial charge in [-0.3, -0.25) is 5.43 Å². The second-order valence-electron chi connectivity index (χ2n) is 6.79. The zero-order valence-electron chi connectivity index (χ0n) is 16.2. The van der Waals surface area contributed by atoms with E-state index in [-0.39, 0.29) is 12.1 Å². The van der Waals surface area contributed by atoms with Crippen LogP contribution in [-0.4, -0.2) is 21.6 Å². The van der Waals surface area contributed by atoms with Gasteiger partial charge in [-0.15, -0.1) is 0 Å². The van der Waals surface area contributed by atoms with Crippen LogP contribution in [0.2, 0.25) is 0 Å². The van der Waals surface area contributed by atoms with Crippen LogP contribution in [0.4, 0.5) is 5.82 Å². The van der Waals surface area contributed by atoms with Crippen molar-refractivity contribution in [3.63, 3.8) is 0 Å². The van der Waals surface area contributed by atoms with Crippen molar-refractivity contribution in [3.05, 3.63) is 102 Å². The number of aromatic nitrogens is 2. The minimum absolute atomic E-state index is 0.109. The summed E-state index contributed by atoms with van der Waals surface area (Å²) in [5, 5.41) is 15.7. The number of hydrogen-bond donors (Lipinski definition) is 1. The number of para-hydroxylation sites is 2. The van der Waals surface area contributed by atoms with E-state index in [1.54, 1.807) is 0 Å². The molecule has 4 aromatic rings. The first-order valence-electron chi connectivity index (χ1n) is 9.56. The lowest BCUT2D eigenvalue weighted by Crippen LogP contribution is -2.33. The molecule has 0 aliphatic rings. The molecule has 30 heavy (non-hydrogen) atoms. The number of carboxylic acids is 1. The number of nitrogens with one attached hydrogen (secondary N) is 1. The highest BCUT2D eigenvalue weighted by atomic mass is 16.4. The van der Waals surface area contributed by atoms with Crippen molar-refractivity contribution in [3.8, 4) is 0 Å². The molecule has 0 saturated heterocycles. The van der Waals surface area contributed by atoms with Crippen LogP contribution in [0.1, 0.15) is 16.8 Å². The highest BCUT2D eigenvalue weighted by Gasteiger charge is 2.11.